The van der Waals surface area contributed by atoms with Crippen molar-refractivity contribution in [2.24, 2.45) is 10.7 Å². The number of alkyl halides is 1. The van der Waals surface area contributed by atoms with E-state index in [1.807, 2.05) is 0 Å². The minimum Gasteiger partial charge on any atom is -0.467 e. The highest BCUT2D eigenvalue weighted by Crippen LogP contribution is 1.96. The van der Waals surface area contributed by atoms with Crippen LogP contribution in [0, 0.1) is 0 Å². The van der Waals surface area contributed by atoms with Gasteiger partial charge in [-0.05, 0) is 6.42 Å². The van der Waals surface area contributed by atoms with Crippen LogP contribution >= 0.6 is 11.6 Å². The van der Waals surface area contributed by atoms with Crippen molar-refractivity contribution in [2.45, 2.75) is 19.4 Å². The molecular weight excluding hydrogens is 234 g/mol. The smallest absolute Gasteiger partial charge is 0.328 e. The van der Waals surface area contributed by atoms with Crippen molar-refractivity contribution in [3.8, 4) is 0 Å². The van der Waals surface area contributed by atoms with Gasteiger partial charge in [0, 0.05) is 13.5 Å². The number of hydrogen-bond acceptors (Lipinski definition) is 4. The van der Waals surface area contributed by atoms with Crippen molar-refractivity contribution >= 4 is 29.3 Å². The summed E-state index contributed by atoms with van der Waals surface area (Å²) in [4.78, 5) is 26.0. The SMILES string of the molecule is COC(=O)[C@H](CCN=C(N)CCl)NC(C)=O. The number of esters is 1. The van der Waals surface area contributed by atoms with Gasteiger partial charge in [0.15, 0.2) is 0 Å². The van der Waals surface area contributed by atoms with Crippen molar-refractivity contribution in [3.63, 3.8) is 0 Å². The van der Waals surface area contributed by atoms with Gasteiger partial charge in [0.25, 0.3) is 0 Å². The molecule has 0 aliphatic heterocycles. The number of methoxy groups -OCH3 is 1. The summed E-state index contributed by atoms with van der Waals surface area (Å²) >= 11 is 5.42. The predicted octanol–water partition coefficient (Wildman–Crippen LogP) is -0.350. The molecule has 0 heterocycles. The fraction of sp³-hybridized carbons (Fsp3) is 0.667. The van der Waals surface area contributed by atoms with E-state index in [1.54, 1.807) is 0 Å². The zero-order valence-electron chi connectivity index (χ0n) is 9.33. The fourth-order valence-corrected chi connectivity index (χ4v) is 1.10. The van der Waals surface area contributed by atoms with E-state index in [2.05, 4.69) is 15.0 Å². The molecule has 0 saturated carbocycles. The minimum atomic E-state index is -0.700. The summed E-state index contributed by atoms with van der Waals surface area (Å²) in [5, 5.41) is 2.47. The van der Waals surface area contributed by atoms with Gasteiger partial charge in [0.1, 0.15) is 11.9 Å². The second-order valence-electron chi connectivity index (χ2n) is 3.07. The van der Waals surface area contributed by atoms with E-state index in [0.29, 0.717) is 18.8 Å². The van der Waals surface area contributed by atoms with Crippen LogP contribution in [0.3, 0.4) is 0 Å². The summed E-state index contributed by atoms with van der Waals surface area (Å²) in [6.45, 7) is 1.63. The summed E-state index contributed by atoms with van der Waals surface area (Å²) < 4.78 is 4.54. The first kappa shape index (κ1) is 14.7. The van der Waals surface area contributed by atoms with Gasteiger partial charge < -0.3 is 15.8 Å². The van der Waals surface area contributed by atoms with Crippen molar-refractivity contribution in [3.05, 3.63) is 0 Å². The van der Waals surface area contributed by atoms with Gasteiger partial charge in [-0.1, -0.05) is 0 Å². The summed E-state index contributed by atoms with van der Waals surface area (Å²) in [5.41, 5.74) is 5.38. The molecular formula is C9H16ClN3O3. The number of aliphatic imine (C=N–C) groups is 1. The van der Waals surface area contributed by atoms with E-state index in [-0.39, 0.29) is 11.8 Å². The largest absolute Gasteiger partial charge is 0.467 e. The van der Waals surface area contributed by atoms with E-state index in [4.69, 9.17) is 17.3 Å². The Morgan fingerprint density at radius 3 is 2.62 bits per heavy atom. The maximum absolute atomic E-state index is 11.3. The molecule has 0 aromatic rings. The van der Waals surface area contributed by atoms with Gasteiger partial charge in [-0.15, -0.1) is 11.6 Å². The standard InChI is InChI=1S/C9H16ClN3O3/c1-6(14)13-7(9(15)16-2)3-4-12-8(11)5-10/h7H,3-5H2,1-2H3,(H2,11,12)(H,13,14)/t7-/m0/s1. The first-order chi connectivity index (χ1) is 7.51. The molecule has 0 saturated heterocycles. The van der Waals surface area contributed by atoms with Crippen molar-refractivity contribution < 1.29 is 14.3 Å². The Balaban J connectivity index is 4.22. The molecule has 0 unspecified atom stereocenters. The molecule has 1 atom stereocenters. The molecule has 0 bridgehead atoms. The first-order valence-electron chi connectivity index (χ1n) is 4.71. The van der Waals surface area contributed by atoms with Gasteiger partial charge >= 0.3 is 5.97 Å². The molecule has 0 radical (unpaired) electrons. The number of nitrogens with two attached hydrogens (primary N) is 1. The molecule has 0 rings (SSSR count). The van der Waals surface area contributed by atoms with Crippen LogP contribution in [0.2, 0.25) is 0 Å². The van der Waals surface area contributed by atoms with Crippen molar-refractivity contribution in [2.75, 3.05) is 19.5 Å². The Labute approximate surface area is 99.2 Å². The first-order valence-corrected chi connectivity index (χ1v) is 5.24. The third-order valence-corrected chi connectivity index (χ3v) is 2.01. The number of nitrogens with zero attached hydrogens (tertiary/aromatic N) is 1. The molecule has 6 nitrogen and oxygen atoms in total. The molecule has 0 spiro atoms. The van der Waals surface area contributed by atoms with Gasteiger partial charge in [-0.2, -0.15) is 0 Å². The summed E-state index contributed by atoms with van der Waals surface area (Å²) in [5.74, 6) is -0.365. The average molecular weight is 250 g/mol. The van der Waals surface area contributed by atoms with E-state index in [0.717, 1.165) is 0 Å². The maximum atomic E-state index is 11.3. The Morgan fingerprint density at radius 2 is 2.19 bits per heavy atom. The molecule has 3 N–H and O–H groups in total. The Kier molecular flexibility index (Phi) is 7.28. The fourth-order valence-electron chi connectivity index (χ4n) is 1.02. The molecule has 0 aromatic carbocycles. The zero-order valence-corrected chi connectivity index (χ0v) is 10.1. The Bertz CT molecular complexity index is 281. The van der Waals surface area contributed by atoms with E-state index in [1.165, 1.54) is 14.0 Å². The number of amides is 1. The van der Waals surface area contributed by atoms with Crippen molar-refractivity contribution in [1.82, 2.24) is 5.32 Å². The topological polar surface area (TPSA) is 93.8 Å². The molecule has 0 aromatic heterocycles. The van der Waals surface area contributed by atoms with Crippen LogP contribution in [0.15, 0.2) is 4.99 Å². The van der Waals surface area contributed by atoms with Gasteiger partial charge in [-0.25, -0.2) is 4.79 Å². The normalized spacial score (nSPS) is 13.1. The van der Waals surface area contributed by atoms with Crippen LogP contribution < -0.4 is 11.1 Å². The highest BCUT2D eigenvalue weighted by Gasteiger charge is 2.19. The number of hydrogen-bond donors (Lipinski definition) is 2. The lowest BCUT2D eigenvalue weighted by Crippen LogP contribution is -2.41. The number of halogens is 1. The zero-order chi connectivity index (χ0) is 12.6. The quantitative estimate of drug-likeness (QED) is 0.291. The number of carbonyl (C=O) groups is 2. The molecule has 1 amide bonds. The van der Waals surface area contributed by atoms with Gasteiger partial charge in [0.2, 0.25) is 5.91 Å². The lowest BCUT2D eigenvalue weighted by atomic mass is 10.2. The number of nitrogens with one attached hydrogen (secondary N) is 1. The second-order valence-corrected chi connectivity index (χ2v) is 3.34. The Morgan fingerprint density at radius 1 is 1.56 bits per heavy atom. The van der Waals surface area contributed by atoms with E-state index >= 15 is 0 Å². The average Bonchev–Trinajstić information content (AvgIpc) is 2.25. The molecule has 0 fully saturated rings. The number of ether oxygens (including phenoxy) is 1. The lowest BCUT2D eigenvalue weighted by molar-refractivity contribution is -0.145. The van der Waals surface area contributed by atoms with Crippen LogP contribution in [0.25, 0.3) is 0 Å². The van der Waals surface area contributed by atoms with E-state index < -0.39 is 12.0 Å². The number of carbonyl (C=O) groups excluding carboxylic acids is 2. The molecule has 16 heavy (non-hydrogen) atoms. The number of amidine groups is 1. The summed E-state index contributed by atoms with van der Waals surface area (Å²) in [7, 11) is 1.26. The third kappa shape index (κ3) is 6.23. The maximum Gasteiger partial charge on any atom is 0.328 e. The highest BCUT2D eigenvalue weighted by atomic mass is 35.5. The monoisotopic (exact) mass is 249 g/mol. The summed E-state index contributed by atoms with van der Waals surface area (Å²) in [6.07, 6.45) is 0.323. The van der Waals surface area contributed by atoms with Crippen LogP contribution in [0.1, 0.15) is 13.3 Å². The van der Waals surface area contributed by atoms with Crippen LogP contribution in [0.4, 0.5) is 0 Å². The van der Waals surface area contributed by atoms with Crippen LogP contribution in [0.5, 0.6) is 0 Å². The minimum absolute atomic E-state index is 0.142. The van der Waals surface area contributed by atoms with Gasteiger partial charge in [0.05, 0.1) is 13.0 Å². The van der Waals surface area contributed by atoms with Crippen molar-refractivity contribution in [1.29, 1.82) is 0 Å². The predicted molar refractivity (Wildman–Crippen MR) is 61.4 cm³/mol. The molecule has 0 aliphatic rings. The number of rotatable bonds is 6. The van der Waals surface area contributed by atoms with Crippen LogP contribution in [-0.2, 0) is 14.3 Å². The molecule has 92 valence electrons. The second kappa shape index (κ2) is 7.92. The van der Waals surface area contributed by atoms with E-state index in [9.17, 15) is 9.59 Å². The molecule has 7 heteroatoms. The third-order valence-electron chi connectivity index (χ3n) is 1.73. The lowest BCUT2D eigenvalue weighted by Gasteiger charge is -2.13. The van der Waals surface area contributed by atoms with Gasteiger partial charge in [-0.3, -0.25) is 9.79 Å². The summed E-state index contributed by atoms with van der Waals surface area (Å²) in [6, 6.07) is -0.700. The van der Waals surface area contributed by atoms with Crippen LogP contribution in [-0.4, -0.2) is 43.3 Å². The molecule has 0 aliphatic carbocycles. The highest BCUT2D eigenvalue weighted by molar-refractivity contribution is 6.27. The Hall–Kier alpha value is -1.30.